The molecule has 212 valence electrons. The minimum atomic E-state index is -1.05. The van der Waals surface area contributed by atoms with Crippen molar-refractivity contribution < 1.29 is 19.4 Å². The van der Waals surface area contributed by atoms with Crippen molar-refractivity contribution in [3.05, 3.63) is 18.6 Å². The first-order valence-corrected chi connectivity index (χ1v) is 13.6. The molecule has 0 spiro atoms. The molecule has 0 aliphatic carbocycles. The number of hydrogen-bond donors (Lipinski definition) is 2. The monoisotopic (exact) mass is 540 g/mol. The number of ether oxygens (including phenoxy) is 1. The third-order valence-corrected chi connectivity index (χ3v) is 7.61. The second-order valence-electron chi connectivity index (χ2n) is 11.5. The van der Waals surface area contributed by atoms with Gasteiger partial charge in [0.25, 0.3) is 0 Å². The van der Waals surface area contributed by atoms with Gasteiger partial charge in [-0.1, -0.05) is 6.92 Å². The van der Waals surface area contributed by atoms with Gasteiger partial charge in [-0.25, -0.2) is 14.8 Å². The molecule has 4 rings (SSSR count). The topological polar surface area (TPSA) is 140 Å². The molecule has 2 aliphatic heterocycles. The summed E-state index contributed by atoms with van der Waals surface area (Å²) in [5.74, 6) is 0.869. The van der Waals surface area contributed by atoms with E-state index >= 15 is 0 Å². The Morgan fingerprint density at radius 1 is 1.23 bits per heavy atom. The molecule has 2 amide bonds. The molecule has 12 nitrogen and oxygen atoms in total. The SMILES string of the molecule is C[C@@H]1CCN(C(=O)CC#N)C[C@@H]1N(C)c1ncnc2c1ccn2C(=O)N1CCC(NC(O)OC(C)(C)C)CC1. The van der Waals surface area contributed by atoms with Crippen LogP contribution in [-0.2, 0) is 9.53 Å². The van der Waals surface area contributed by atoms with Gasteiger partial charge in [0.15, 0.2) is 5.65 Å². The molecule has 2 N–H and O–H groups in total. The van der Waals surface area contributed by atoms with Crippen LogP contribution in [0.4, 0.5) is 10.6 Å². The number of aromatic nitrogens is 3. The summed E-state index contributed by atoms with van der Waals surface area (Å²) in [4.78, 5) is 40.4. The van der Waals surface area contributed by atoms with Gasteiger partial charge >= 0.3 is 6.03 Å². The van der Waals surface area contributed by atoms with E-state index in [4.69, 9.17) is 10.00 Å². The Morgan fingerprint density at radius 2 is 1.92 bits per heavy atom. The number of likely N-dealkylation sites (tertiary alicyclic amines) is 2. The molecule has 3 atom stereocenters. The van der Waals surface area contributed by atoms with Crippen LogP contribution in [0.5, 0.6) is 0 Å². The number of amides is 2. The lowest BCUT2D eigenvalue weighted by atomic mass is 9.92. The second kappa shape index (κ2) is 11.9. The van der Waals surface area contributed by atoms with Crippen molar-refractivity contribution in [2.45, 2.75) is 77.5 Å². The second-order valence-corrected chi connectivity index (χ2v) is 11.5. The third kappa shape index (κ3) is 6.66. The molecule has 1 unspecified atom stereocenters. The van der Waals surface area contributed by atoms with E-state index in [0.29, 0.717) is 56.4 Å². The molecule has 2 aromatic rings. The highest BCUT2D eigenvalue weighted by molar-refractivity contribution is 5.95. The van der Waals surface area contributed by atoms with E-state index in [1.54, 1.807) is 20.6 Å². The number of nitriles is 1. The van der Waals surface area contributed by atoms with Crippen LogP contribution in [0.15, 0.2) is 18.6 Å². The average Bonchev–Trinajstić information content (AvgIpc) is 3.32. The Labute approximate surface area is 229 Å². The minimum absolute atomic E-state index is 0.0164. The molecule has 4 heterocycles. The van der Waals surface area contributed by atoms with Gasteiger partial charge in [-0.15, -0.1) is 0 Å². The van der Waals surface area contributed by atoms with Crippen LogP contribution in [0.3, 0.4) is 0 Å². The summed E-state index contributed by atoms with van der Waals surface area (Å²) in [6.07, 6.45) is 4.25. The average molecular weight is 541 g/mol. The molecular formula is C27H40N8O4. The van der Waals surface area contributed by atoms with E-state index in [0.717, 1.165) is 11.8 Å². The summed E-state index contributed by atoms with van der Waals surface area (Å²) in [7, 11) is 1.95. The maximum atomic E-state index is 13.5. The first kappa shape index (κ1) is 28.7. The van der Waals surface area contributed by atoms with Crippen molar-refractivity contribution in [1.29, 1.82) is 5.26 Å². The molecule has 0 saturated carbocycles. The molecule has 0 bridgehead atoms. The first-order chi connectivity index (χ1) is 18.5. The summed E-state index contributed by atoms with van der Waals surface area (Å²) in [6.45, 7) is 10.1. The van der Waals surface area contributed by atoms with Crippen LogP contribution in [0.1, 0.15) is 53.4 Å². The number of aliphatic hydroxyl groups is 1. The number of fused-ring (bicyclic) bond motifs is 1. The van der Waals surface area contributed by atoms with Crippen molar-refractivity contribution in [3.8, 4) is 6.07 Å². The van der Waals surface area contributed by atoms with Crippen molar-refractivity contribution in [3.63, 3.8) is 0 Å². The number of carbonyl (C=O) groups excluding carboxylic acids is 2. The lowest BCUT2D eigenvalue weighted by molar-refractivity contribution is -0.186. The summed E-state index contributed by atoms with van der Waals surface area (Å²) in [5.41, 5.74) is 0.0725. The predicted octanol–water partition coefficient (Wildman–Crippen LogP) is 2.13. The zero-order chi connectivity index (χ0) is 28.3. The third-order valence-electron chi connectivity index (χ3n) is 7.61. The number of anilines is 1. The molecule has 12 heteroatoms. The number of hydrogen-bond acceptors (Lipinski definition) is 9. The maximum absolute atomic E-state index is 13.5. The zero-order valence-electron chi connectivity index (χ0n) is 23.5. The Balaban J connectivity index is 1.44. The van der Waals surface area contributed by atoms with E-state index in [9.17, 15) is 14.7 Å². The fraction of sp³-hybridized carbons (Fsp3) is 0.667. The molecular weight excluding hydrogens is 500 g/mol. The lowest BCUT2D eigenvalue weighted by Gasteiger charge is -2.42. The molecule has 0 aromatic carbocycles. The zero-order valence-corrected chi connectivity index (χ0v) is 23.5. The van der Waals surface area contributed by atoms with Gasteiger partial charge in [-0.3, -0.25) is 14.7 Å². The van der Waals surface area contributed by atoms with Crippen LogP contribution in [0.25, 0.3) is 11.0 Å². The quantitative estimate of drug-likeness (QED) is 0.527. The highest BCUT2D eigenvalue weighted by Gasteiger charge is 2.33. The standard InChI is InChI=1S/C27H40N8O4/c1-18-7-12-34(22(36)6-11-28)16-21(18)32(5)23-20-10-15-35(24(20)30-17-29-23)26(38)33-13-8-19(9-14-33)31-25(37)39-27(2,3)4/h10,15,17-19,21,25,31,37H,6-9,12-14,16H2,1-5H3/t18-,21+,25?/m1/s1. The van der Waals surface area contributed by atoms with Gasteiger partial charge in [0.2, 0.25) is 12.3 Å². The number of aliphatic hydroxyl groups excluding tert-OH is 1. The van der Waals surface area contributed by atoms with Crippen molar-refractivity contribution in [2.75, 3.05) is 38.1 Å². The number of nitrogens with one attached hydrogen (secondary N) is 1. The van der Waals surface area contributed by atoms with E-state index in [-0.39, 0.29) is 30.4 Å². The van der Waals surface area contributed by atoms with Gasteiger partial charge in [0, 0.05) is 45.5 Å². The Hall–Kier alpha value is -3.27. The van der Waals surface area contributed by atoms with E-state index in [1.165, 1.54) is 6.33 Å². The summed E-state index contributed by atoms with van der Waals surface area (Å²) in [6, 6.07) is 3.72. The number of rotatable bonds is 6. The van der Waals surface area contributed by atoms with Gasteiger partial charge in [-0.05, 0) is 52.0 Å². The van der Waals surface area contributed by atoms with E-state index < -0.39 is 12.0 Å². The molecule has 2 aliphatic rings. The van der Waals surface area contributed by atoms with Crippen LogP contribution in [-0.4, -0.2) is 98.7 Å². The highest BCUT2D eigenvalue weighted by Crippen LogP contribution is 2.30. The van der Waals surface area contributed by atoms with Crippen LogP contribution < -0.4 is 10.2 Å². The van der Waals surface area contributed by atoms with Gasteiger partial charge in [0.05, 0.1) is 23.1 Å². The summed E-state index contributed by atoms with van der Waals surface area (Å²) < 4.78 is 7.10. The number of nitrogens with zero attached hydrogens (tertiary/aromatic N) is 7. The van der Waals surface area contributed by atoms with Gasteiger partial charge in [0.1, 0.15) is 18.6 Å². The van der Waals surface area contributed by atoms with Crippen LogP contribution in [0.2, 0.25) is 0 Å². The number of carbonyl (C=O) groups is 2. The Morgan fingerprint density at radius 3 is 2.59 bits per heavy atom. The molecule has 2 fully saturated rings. The number of piperidine rings is 2. The summed E-state index contributed by atoms with van der Waals surface area (Å²) in [5, 5.41) is 23.0. The maximum Gasteiger partial charge on any atom is 0.329 e. The molecule has 2 saturated heterocycles. The van der Waals surface area contributed by atoms with E-state index in [2.05, 4.69) is 27.1 Å². The molecule has 39 heavy (non-hydrogen) atoms. The molecule has 0 radical (unpaired) electrons. The van der Waals surface area contributed by atoms with Gasteiger partial charge < -0.3 is 24.5 Å². The van der Waals surface area contributed by atoms with Crippen molar-refractivity contribution in [1.82, 2.24) is 29.7 Å². The van der Waals surface area contributed by atoms with Crippen molar-refractivity contribution >= 4 is 28.8 Å². The highest BCUT2D eigenvalue weighted by atomic mass is 16.6. The normalized spacial score (nSPS) is 21.6. The van der Waals surface area contributed by atoms with Crippen LogP contribution in [0, 0.1) is 17.2 Å². The summed E-state index contributed by atoms with van der Waals surface area (Å²) >= 11 is 0. The predicted molar refractivity (Wildman–Crippen MR) is 146 cm³/mol. The van der Waals surface area contributed by atoms with E-state index in [1.807, 2.05) is 40.0 Å². The first-order valence-electron chi connectivity index (χ1n) is 13.6. The largest absolute Gasteiger partial charge is 0.356 e. The smallest absolute Gasteiger partial charge is 0.329 e. The lowest BCUT2D eigenvalue weighted by Crippen LogP contribution is -2.52. The van der Waals surface area contributed by atoms with Crippen molar-refractivity contribution in [2.24, 2.45) is 5.92 Å². The fourth-order valence-corrected chi connectivity index (χ4v) is 5.45. The Bertz CT molecular complexity index is 1210. The Kier molecular flexibility index (Phi) is 8.73. The van der Waals surface area contributed by atoms with Crippen LogP contribution >= 0.6 is 0 Å². The molecule has 2 aromatic heterocycles. The van der Waals surface area contributed by atoms with Gasteiger partial charge in [-0.2, -0.15) is 5.26 Å². The number of likely N-dealkylation sites (N-methyl/N-ethyl adjacent to an activating group) is 1. The fourth-order valence-electron chi connectivity index (χ4n) is 5.45. The minimum Gasteiger partial charge on any atom is -0.356 e.